The molecule has 0 saturated carbocycles. The number of benzene rings is 3. The van der Waals surface area contributed by atoms with E-state index in [1.54, 1.807) is 0 Å². The summed E-state index contributed by atoms with van der Waals surface area (Å²) in [7, 11) is 0. The van der Waals surface area contributed by atoms with Crippen LogP contribution in [0.25, 0.3) is 21.5 Å². The first-order chi connectivity index (χ1) is 10.5. The van der Waals surface area contributed by atoms with E-state index in [9.17, 15) is 9.59 Å². The molecular weight excluding hydrogens is 272 g/mol. The molecule has 110 valence electrons. The summed E-state index contributed by atoms with van der Waals surface area (Å²) in [6.07, 6.45) is 1.78. The van der Waals surface area contributed by atoms with Crippen LogP contribution in [0.4, 0.5) is 0 Å². The van der Waals surface area contributed by atoms with E-state index in [1.807, 2.05) is 42.5 Å². The molecule has 0 fully saturated rings. The molecule has 2 heteroatoms. The summed E-state index contributed by atoms with van der Waals surface area (Å²) in [5.74, 6) is 0. The molecule has 0 N–H and O–H groups in total. The summed E-state index contributed by atoms with van der Waals surface area (Å²) in [6.45, 7) is 6.41. The molecule has 22 heavy (non-hydrogen) atoms. The molecule has 0 atom stereocenters. The van der Waals surface area contributed by atoms with Crippen LogP contribution < -0.4 is 0 Å². The van der Waals surface area contributed by atoms with Crippen LogP contribution >= 0.6 is 0 Å². The van der Waals surface area contributed by atoms with Crippen molar-refractivity contribution in [3.8, 4) is 0 Å². The van der Waals surface area contributed by atoms with Crippen molar-refractivity contribution in [1.82, 2.24) is 0 Å². The highest BCUT2D eigenvalue weighted by Gasteiger charge is 2.18. The number of carbonyl (C=O) groups excluding carboxylic acids is 2. The van der Waals surface area contributed by atoms with Crippen molar-refractivity contribution < 1.29 is 9.59 Å². The Kier molecular flexibility index (Phi) is 3.32. The number of fused-ring (bicyclic) bond motifs is 2. The molecule has 0 aliphatic heterocycles. The molecule has 0 unspecified atom stereocenters. The van der Waals surface area contributed by atoms with Gasteiger partial charge in [-0.3, -0.25) is 9.59 Å². The highest BCUT2D eigenvalue weighted by molar-refractivity contribution is 6.20. The maximum atomic E-state index is 11.7. The van der Waals surface area contributed by atoms with E-state index < -0.39 is 0 Å². The SMILES string of the molecule is CC(C)(C)c1ccc2c(C=O)c3ccccc3c(C=O)c2c1. The largest absolute Gasteiger partial charge is 0.298 e. The van der Waals surface area contributed by atoms with E-state index in [1.165, 1.54) is 0 Å². The van der Waals surface area contributed by atoms with Crippen molar-refractivity contribution in [2.45, 2.75) is 26.2 Å². The second kappa shape index (κ2) is 5.06. The Morgan fingerprint density at radius 3 is 1.73 bits per heavy atom. The van der Waals surface area contributed by atoms with Gasteiger partial charge in [-0.1, -0.05) is 57.2 Å². The first kappa shape index (κ1) is 14.5. The molecule has 3 rings (SSSR count). The first-order valence-corrected chi connectivity index (χ1v) is 7.36. The third-order valence-electron chi connectivity index (χ3n) is 4.21. The van der Waals surface area contributed by atoms with Gasteiger partial charge in [-0.05, 0) is 38.6 Å². The Labute approximate surface area is 129 Å². The van der Waals surface area contributed by atoms with Gasteiger partial charge in [-0.15, -0.1) is 0 Å². The summed E-state index contributed by atoms with van der Waals surface area (Å²) in [5.41, 5.74) is 2.44. The zero-order valence-electron chi connectivity index (χ0n) is 13.0. The van der Waals surface area contributed by atoms with Crippen molar-refractivity contribution >= 4 is 34.1 Å². The third-order valence-corrected chi connectivity index (χ3v) is 4.21. The number of hydrogen-bond donors (Lipinski definition) is 0. The number of rotatable bonds is 2. The summed E-state index contributed by atoms with van der Waals surface area (Å²) >= 11 is 0. The maximum Gasteiger partial charge on any atom is 0.151 e. The van der Waals surface area contributed by atoms with Gasteiger partial charge in [-0.25, -0.2) is 0 Å². The van der Waals surface area contributed by atoms with Crippen molar-refractivity contribution in [3.63, 3.8) is 0 Å². The lowest BCUT2D eigenvalue weighted by Gasteiger charge is -2.20. The molecule has 0 radical (unpaired) electrons. The van der Waals surface area contributed by atoms with Crippen LogP contribution in [-0.2, 0) is 5.41 Å². The minimum absolute atomic E-state index is 0.0126. The van der Waals surface area contributed by atoms with Crippen molar-refractivity contribution in [2.24, 2.45) is 0 Å². The minimum Gasteiger partial charge on any atom is -0.298 e. The Morgan fingerprint density at radius 2 is 1.23 bits per heavy atom. The van der Waals surface area contributed by atoms with E-state index in [2.05, 4.69) is 20.8 Å². The molecule has 0 amide bonds. The topological polar surface area (TPSA) is 34.1 Å². The predicted octanol–water partition coefficient (Wildman–Crippen LogP) is 4.92. The quantitative estimate of drug-likeness (QED) is 0.496. The van der Waals surface area contributed by atoms with E-state index in [0.717, 1.165) is 39.7 Å². The smallest absolute Gasteiger partial charge is 0.151 e. The van der Waals surface area contributed by atoms with Crippen molar-refractivity contribution in [2.75, 3.05) is 0 Å². The molecule has 0 spiro atoms. The highest BCUT2D eigenvalue weighted by atomic mass is 16.1. The maximum absolute atomic E-state index is 11.7. The molecule has 0 aliphatic carbocycles. The van der Waals surface area contributed by atoms with Crippen LogP contribution in [0.5, 0.6) is 0 Å². The molecule has 2 nitrogen and oxygen atoms in total. The van der Waals surface area contributed by atoms with Gasteiger partial charge in [0.1, 0.15) is 0 Å². The van der Waals surface area contributed by atoms with Crippen LogP contribution in [0.3, 0.4) is 0 Å². The summed E-state index contributed by atoms with van der Waals surface area (Å²) in [5, 5.41) is 3.35. The zero-order valence-corrected chi connectivity index (χ0v) is 13.0. The average molecular weight is 290 g/mol. The molecule has 3 aromatic carbocycles. The monoisotopic (exact) mass is 290 g/mol. The molecule has 0 heterocycles. The van der Waals surface area contributed by atoms with E-state index in [-0.39, 0.29) is 5.41 Å². The van der Waals surface area contributed by atoms with Crippen molar-refractivity contribution in [1.29, 1.82) is 0 Å². The fraction of sp³-hybridized carbons (Fsp3) is 0.200. The van der Waals surface area contributed by atoms with Gasteiger partial charge in [0.05, 0.1) is 0 Å². The predicted molar refractivity (Wildman–Crippen MR) is 90.9 cm³/mol. The second-order valence-corrected chi connectivity index (χ2v) is 6.62. The number of aldehydes is 2. The van der Waals surface area contributed by atoms with Crippen LogP contribution in [0, 0.1) is 0 Å². The molecule has 0 bridgehead atoms. The first-order valence-electron chi connectivity index (χ1n) is 7.36. The standard InChI is InChI=1S/C20H18O2/c1-20(2,3)13-8-9-16-17(10-13)19(12-22)15-7-5-4-6-14(15)18(16)11-21/h4-12H,1-3H3. The lowest BCUT2D eigenvalue weighted by Crippen LogP contribution is -2.11. The van der Waals surface area contributed by atoms with Gasteiger partial charge in [0.2, 0.25) is 0 Å². The van der Waals surface area contributed by atoms with Gasteiger partial charge < -0.3 is 0 Å². The van der Waals surface area contributed by atoms with Crippen LogP contribution in [-0.4, -0.2) is 12.6 Å². The van der Waals surface area contributed by atoms with Crippen LogP contribution in [0.1, 0.15) is 47.1 Å². The van der Waals surface area contributed by atoms with Gasteiger partial charge in [0.15, 0.2) is 12.6 Å². The zero-order chi connectivity index (χ0) is 15.9. The van der Waals surface area contributed by atoms with E-state index >= 15 is 0 Å². The molecule has 0 saturated heterocycles. The molecular formula is C20H18O2. The fourth-order valence-corrected chi connectivity index (χ4v) is 2.97. The Hall–Kier alpha value is -2.48. The lowest BCUT2D eigenvalue weighted by atomic mass is 9.83. The Balaban J connectivity index is 2.56. The Bertz CT molecular complexity index is 899. The van der Waals surface area contributed by atoms with E-state index in [4.69, 9.17) is 0 Å². The van der Waals surface area contributed by atoms with Crippen LogP contribution in [0.15, 0.2) is 42.5 Å². The lowest BCUT2D eigenvalue weighted by molar-refractivity contribution is 0.111. The van der Waals surface area contributed by atoms with Gasteiger partial charge in [0.25, 0.3) is 0 Å². The number of carbonyl (C=O) groups is 2. The molecule has 0 aromatic heterocycles. The van der Waals surface area contributed by atoms with Crippen LogP contribution in [0.2, 0.25) is 0 Å². The molecule has 3 aromatic rings. The van der Waals surface area contributed by atoms with Gasteiger partial charge in [0, 0.05) is 11.1 Å². The molecule has 0 aliphatic rings. The Morgan fingerprint density at radius 1 is 0.727 bits per heavy atom. The average Bonchev–Trinajstić information content (AvgIpc) is 2.51. The normalized spacial score (nSPS) is 11.8. The summed E-state index contributed by atoms with van der Waals surface area (Å²) in [6, 6.07) is 13.6. The minimum atomic E-state index is -0.0126. The van der Waals surface area contributed by atoms with Crippen molar-refractivity contribution in [3.05, 3.63) is 59.2 Å². The summed E-state index contributed by atoms with van der Waals surface area (Å²) < 4.78 is 0. The van der Waals surface area contributed by atoms with E-state index in [0.29, 0.717) is 11.1 Å². The highest BCUT2D eigenvalue weighted by Crippen LogP contribution is 2.34. The third kappa shape index (κ3) is 2.12. The summed E-state index contributed by atoms with van der Waals surface area (Å²) in [4.78, 5) is 23.3. The second-order valence-electron chi connectivity index (χ2n) is 6.62. The fourth-order valence-electron chi connectivity index (χ4n) is 2.97. The van der Waals surface area contributed by atoms with Gasteiger partial charge >= 0.3 is 0 Å². The number of hydrogen-bond acceptors (Lipinski definition) is 2. The van der Waals surface area contributed by atoms with Gasteiger partial charge in [-0.2, -0.15) is 0 Å².